The normalized spacial score (nSPS) is 42.3. The predicted octanol–water partition coefficient (Wildman–Crippen LogP) is 3.67. The largest absolute Gasteiger partial charge is 0.481 e. The van der Waals surface area contributed by atoms with Crippen LogP contribution in [0.5, 0.6) is 0 Å². The Morgan fingerprint density at radius 2 is 1.94 bits per heavy atom. The lowest BCUT2D eigenvalue weighted by Gasteiger charge is -3.11. The highest BCUT2D eigenvalue weighted by Crippen LogP contribution is 3.11. The lowest BCUT2D eigenvalue weighted by atomic mass is 8.91. The number of benzene rings is 1. The fraction of sp³-hybridized carbons (Fsp3) is 0.440. The van der Waals surface area contributed by atoms with E-state index >= 15 is 0 Å². The molecule has 2 heterocycles. The molecule has 0 bridgehead atoms. The molecule has 2 N–H and O–H groups in total. The van der Waals surface area contributed by atoms with Crippen molar-refractivity contribution in [2.24, 2.45) is 51.3 Å². The number of allylic oxidation sites excluding steroid dienone is 1. The van der Waals surface area contributed by atoms with E-state index in [2.05, 4.69) is 10.3 Å². The minimum atomic E-state index is -0.765. The molecule has 0 radical (unpaired) electrons. The number of aliphatic imine (C=N–C) groups is 1. The van der Waals surface area contributed by atoms with E-state index < -0.39 is 23.8 Å². The molecule has 1 aromatic carbocycles. The Labute approximate surface area is 208 Å². The number of esters is 1. The van der Waals surface area contributed by atoms with Gasteiger partial charge in [0.25, 0.3) is 0 Å². The summed E-state index contributed by atoms with van der Waals surface area (Å²) < 4.78 is 19.1. The van der Waals surface area contributed by atoms with Gasteiger partial charge in [0.1, 0.15) is 11.9 Å². The van der Waals surface area contributed by atoms with Crippen molar-refractivity contribution in [2.45, 2.75) is 12.5 Å². The standard InChI is InChI=1S/C25H19ClFN3O4S/c1-34-23(33)12-19(9-3-2-8(27)6-10(9)26)29-21(22-28-4-5-35-22)30-20(12)25-16-13-17(25)15-18(25)14(16)24(13,15)7-11(31)32/h2-6,13-19H,7H2,1H3,(H,29,30)(H,31,32)/t13?,14?,15?,16?,17?,18?,19-,24?,25?/m1/s1. The second kappa shape index (κ2) is 6.13. The number of carboxylic acids is 1. The Balaban J connectivity index is 1.27. The highest BCUT2D eigenvalue weighted by Gasteiger charge is 3.10. The topological polar surface area (TPSA) is 101 Å². The molecule has 1 atom stereocenters. The van der Waals surface area contributed by atoms with Gasteiger partial charge in [0.05, 0.1) is 19.1 Å². The van der Waals surface area contributed by atoms with Crippen LogP contribution in [0.1, 0.15) is 23.0 Å². The fourth-order valence-electron chi connectivity index (χ4n) is 9.48. The molecule has 7 aliphatic rings. The van der Waals surface area contributed by atoms with Crippen molar-refractivity contribution in [1.82, 2.24) is 10.3 Å². The molecule has 0 unspecified atom stereocenters. The molecule has 1 aromatic heterocycles. The molecule has 0 amide bonds. The van der Waals surface area contributed by atoms with Gasteiger partial charge < -0.3 is 15.2 Å². The van der Waals surface area contributed by atoms with E-state index in [1.165, 1.54) is 30.6 Å². The van der Waals surface area contributed by atoms with Crippen molar-refractivity contribution in [1.29, 1.82) is 0 Å². The first kappa shape index (κ1) is 20.4. The van der Waals surface area contributed by atoms with Gasteiger partial charge >= 0.3 is 11.9 Å². The third-order valence-corrected chi connectivity index (χ3v) is 11.2. The number of methoxy groups -OCH3 is 1. The number of nitrogens with zero attached hydrogens (tertiary/aromatic N) is 2. The minimum Gasteiger partial charge on any atom is -0.481 e. The van der Waals surface area contributed by atoms with Crippen molar-refractivity contribution in [3.63, 3.8) is 0 Å². The zero-order valence-electron chi connectivity index (χ0n) is 18.4. The first-order valence-corrected chi connectivity index (χ1v) is 12.9. The number of hydrogen-bond acceptors (Lipinski definition) is 7. The van der Waals surface area contributed by atoms with Gasteiger partial charge in [-0.05, 0) is 53.1 Å². The van der Waals surface area contributed by atoms with Crippen LogP contribution in [0.25, 0.3) is 0 Å². The van der Waals surface area contributed by atoms with Crippen molar-refractivity contribution in [3.05, 3.63) is 62.5 Å². The summed E-state index contributed by atoms with van der Waals surface area (Å²) in [5.74, 6) is 1.27. The van der Waals surface area contributed by atoms with E-state index in [4.69, 9.17) is 21.3 Å². The van der Waals surface area contributed by atoms with Crippen molar-refractivity contribution >= 4 is 40.7 Å². The summed E-state index contributed by atoms with van der Waals surface area (Å²) in [6, 6.07) is 3.35. The number of carbonyl (C=O) groups is 2. The molecule has 10 heteroatoms. The number of carboxylic acid groups (broad SMARTS) is 1. The third kappa shape index (κ3) is 1.91. The number of hydrogen-bond donors (Lipinski definition) is 2. The van der Waals surface area contributed by atoms with Crippen LogP contribution in [0, 0.1) is 52.2 Å². The summed E-state index contributed by atoms with van der Waals surface area (Å²) in [4.78, 5) is 34.1. The number of aliphatic carboxylic acids is 1. The zero-order valence-corrected chi connectivity index (χ0v) is 19.9. The minimum absolute atomic E-state index is 0.0138. The molecule has 178 valence electrons. The van der Waals surface area contributed by atoms with E-state index in [9.17, 15) is 19.1 Å². The van der Waals surface area contributed by atoms with Crippen molar-refractivity contribution in [3.8, 4) is 0 Å². The average Bonchev–Trinajstić information content (AvgIpc) is 3.38. The number of thiazole rings is 1. The van der Waals surface area contributed by atoms with Crippen LogP contribution in [-0.2, 0) is 14.3 Å². The monoisotopic (exact) mass is 511 g/mol. The number of rotatable bonds is 6. The summed E-state index contributed by atoms with van der Waals surface area (Å²) >= 11 is 7.90. The van der Waals surface area contributed by atoms with Gasteiger partial charge in [-0.2, -0.15) is 0 Å². The Kier molecular flexibility index (Phi) is 3.57. The zero-order chi connectivity index (χ0) is 24.0. The highest BCUT2D eigenvalue weighted by atomic mass is 35.5. The van der Waals surface area contributed by atoms with Gasteiger partial charge in [-0.3, -0.25) is 9.79 Å². The lowest BCUT2D eigenvalue weighted by molar-refractivity contribution is -0.647. The number of nitrogens with one attached hydrogen (secondary N) is 1. The molecule has 9 rings (SSSR count). The van der Waals surface area contributed by atoms with Gasteiger partial charge in [0, 0.05) is 33.3 Å². The van der Waals surface area contributed by atoms with Gasteiger partial charge in [-0.15, -0.1) is 11.3 Å². The van der Waals surface area contributed by atoms with Crippen LogP contribution in [-0.4, -0.2) is 35.0 Å². The summed E-state index contributed by atoms with van der Waals surface area (Å²) in [5.41, 5.74) is 1.57. The van der Waals surface area contributed by atoms with Gasteiger partial charge in [0.15, 0.2) is 10.8 Å². The number of carbonyl (C=O) groups excluding carboxylic acids is 1. The molecule has 6 saturated carbocycles. The molecule has 35 heavy (non-hydrogen) atoms. The van der Waals surface area contributed by atoms with Gasteiger partial charge in [0.2, 0.25) is 0 Å². The van der Waals surface area contributed by atoms with Crippen LogP contribution in [0.2, 0.25) is 5.02 Å². The average molecular weight is 512 g/mol. The Hall–Kier alpha value is -2.78. The molecule has 1 aliphatic heterocycles. The quantitative estimate of drug-likeness (QED) is 0.574. The van der Waals surface area contributed by atoms with E-state index in [0.717, 1.165) is 5.70 Å². The molecular weight excluding hydrogens is 493 g/mol. The number of amidine groups is 1. The molecule has 6 fully saturated rings. The Bertz CT molecular complexity index is 1380. The third-order valence-electron chi connectivity index (χ3n) is 10.1. The first-order valence-electron chi connectivity index (χ1n) is 11.6. The second-order valence-corrected chi connectivity index (χ2v) is 11.9. The van der Waals surface area contributed by atoms with E-state index in [-0.39, 0.29) is 22.3 Å². The van der Waals surface area contributed by atoms with Gasteiger partial charge in [-0.1, -0.05) is 17.7 Å². The molecular formula is C25H19ClFN3O4S. The van der Waals surface area contributed by atoms with Crippen molar-refractivity contribution < 1.29 is 23.8 Å². The van der Waals surface area contributed by atoms with Crippen LogP contribution in [0.3, 0.4) is 0 Å². The lowest BCUT2D eigenvalue weighted by Crippen LogP contribution is -3.10. The maximum atomic E-state index is 13.9. The molecule has 0 saturated heterocycles. The maximum absolute atomic E-state index is 13.9. The van der Waals surface area contributed by atoms with Crippen molar-refractivity contribution in [2.75, 3.05) is 7.11 Å². The fourth-order valence-corrected chi connectivity index (χ4v) is 10.3. The summed E-state index contributed by atoms with van der Waals surface area (Å²) in [7, 11) is 1.35. The predicted molar refractivity (Wildman–Crippen MR) is 123 cm³/mol. The van der Waals surface area contributed by atoms with Gasteiger partial charge in [-0.25, -0.2) is 14.2 Å². The maximum Gasteiger partial charge on any atom is 0.338 e. The SMILES string of the molecule is COC(=O)C1=C(C23C4C5C2C2C3C4C52CC(=O)O)NC(c2nccs2)=N[C@@H]1c1ccc(F)cc1Cl. The molecule has 2 aromatic rings. The number of halogens is 2. The number of aromatic nitrogens is 1. The molecule has 7 nitrogen and oxygen atoms in total. The number of ether oxygens (including phenoxy) is 1. The smallest absolute Gasteiger partial charge is 0.338 e. The van der Waals surface area contributed by atoms with E-state index in [1.807, 2.05) is 5.38 Å². The summed E-state index contributed by atoms with van der Waals surface area (Å²) in [6.07, 6.45) is 1.95. The summed E-state index contributed by atoms with van der Waals surface area (Å²) in [6.45, 7) is 0. The molecule has 6 aliphatic carbocycles. The van der Waals surface area contributed by atoms with Crippen LogP contribution in [0.4, 0.5) is 4.39 Å². The second-order valence-electron chi connectivity index (χ2n) is 10.6. The Morgan fingerprint density at radius 3 is 2.51 bits per heavy atom. The van der Waals surface area contributed by atoms with Crippen LogP contribution < -0.4 is 5.32 Å². The Morgan fingerprint density at radius 1 is 1.23 bits per heavy atom. The van der Waals surface area contributed by atoms with Crippen LogP contribution in [0.15, 0.2) is 46.0 Å². The molecule has 0 spiro atoms. The summed E-state index contributed by atoms with van der Waals surface area (Å²) in [5, 5.41) is 15.7. The van der Waals surface area contributed by atoms with E-state index in [0.29, 0.717) is 57.5 Å². The van der Waals surface area contributed by atoms with E-state index in [1.54, 1.807) is 12.3 Å². The highest BCUT2D eigenvalue weighted by molar-refractivity contribution is 7.11. The van der Waals surface area contributed by atoms with Crippen LogP contribution >= 0.6 is 22.9 Å². The first-order chi connectivity index (χ1) is 16.9.